The van der Waals surface area contributed by atoms with Crippen molar-refractivity contribution in [2.75, 3.05) is 18.0 Å². The number of thiazole rings is 1. The molecule has 0 saturated carbocycles. The van der Waals surface area contributed by atoms with E-state index in [1.807, 2.05) is 36.9 Å². The molecule has 4 rings (SSSR count). The molecule has 128 valence electrons. The number of esters is 1. The third kappa shape index (κ3) is 3.22. The van der Waals surface area contributed by atoms with Crippen molar-refractivity contribution < 1.29 is 13.9 Å². The van der Waals surface area contributed by atoms with Crippen LogP contribution in [0.5, 0.6) is 0 Å². The highest BCUT2D eigenvalue weighted by atomic mass is 32.1. The molecule has 0 atom stereocenters. The van der Waals surface area contributed by atoms with Gasteiger partial charge in [-0.15, -0.1) is 0 Å². The molecule has 2 heterocycles. The van der Waals surface area contributed by atoms with Crippen LogP contribution in [-0.4, -0.2) is 30.1 Å². The lowest BCUT2D eigenvalue weighted by molar-refractivity contribution is 0.0234. The fourth-order valence-electron chi connectivity index (χ4n) is 3.00. The molecule has 0 spiro atoms. The highest BCUT2D eigenvalue weighted by Gasteiger charge is 2.32. The summed E-state index contributed by atoms with van der Waals surface area (Å²) in [5.74, 6) is -0.547. The summed E-state index contributed by atoms with van der Waals surface area (Å²) in [5, 5.41) is 0.833. The number of carbonyl (C=O) groups excluding carboxylic acids is 1. The van der Waals surface area contributed by atoms with E-state index in [4.69, 9.17) is 4.74 Å². The minimum absolute atomic E-state index is 0.142. The van der Waals surface area contributed by atoms with Gasteiger partial charge in [0.1, 0.15) is 11.9 Å². The van der Waals surface area contributed by atoms with Gasteiger partial charge in [0.15, 0.2) is 5.13 Å². The predicted octanol–water partition coefficient (Wildman–Crippen LogP) is 4.10. The van der Waals surface area contributed by atoms with Crippen molar-refractivity contribution in [1.29, 1.82) is 0 Å². The molecule has 0 aliphatic carbocycles. The molecule has 4 nitrogen and oxygen atoms in total. The smallest absolute Gasteiger partial charge is 0.338 e. The van der Waals surface area contributed by atoms with Crippen molar-refractivity contribution >= 4 is 32.7 Å². The molecule has 6 heteroatoms. The average molecular weight is 356 g/mol. The molecule has 0 radical (unpaired) electrons. The summed E-state index contributed by atoms with van der Waals surface area (Å²) in [6, 6.07) is 10.3. The van der Waals surface area contributed by atoms with Crippen LogP contribution in [0.15, 0.2) is 36.4 Å². The van der Waals surface area contributed by atoms with E-state index in [2.05, 4.69) is 4.98 Å². The normalized spacial score (nSPS) is 14.6. The van der Waals surface area contributed by atoms with Crippen molar-refractivity contribution in [3.05, 3.63) is 58.9 Å². The number of fused-ring (bicyclic) bond motifs is 1. The maximum absolute atomic E-state index is 13.3. The summed E-state index contributed by atoms with van der Waals surface area (Å²) in [5.41, 5.74) is 3.47. The van der Waals surface area contributed by atoms with Crippen molar-refractivity contribution in [2.45, 2.75) is 20.0 Å². The molecule has 25 heavy (non-hydrogen) atoms. The zero-order valence-electron chi connectivity index (χ0n) is 14.0. The molecule has 1 aliphatic heterocycles. The van der Waals surface area contributed by atoms with Crippen LogP contribution >= 0.6 is 11.3 Å². The number of benzene rings is 2. The van der Waals surface area contributed by atoms with Gasteiger partial charge in [0.2, 0.25) is 0 Å². The van der Waals surface area contributed by atoms with Crippen molar-refractivity contribution in [1.82, 2.24) is 4.98 Å². The second-order valence-electron chi connectivity index (χ2n) is 6.42. The number of carbonyl (C=O) groups is 1. The van der Waals surface area contributed by atoms with Gasteiger partial charge in [-0.05, 0) is 44.2 Å². The molecule has 1 saturated heterocycles. The lowest BCUT2D eigenvalue weighted by Gasteiger charge is -2.38. The summed E-state index contributed by atoms with van der Waals surface area (Å²) in [6.07, 6.45) is -0.142. The maximum Gasteiger partial charge on any atom is 0.338 e. The van der Waals surface area contributed by atoms with Gasteiger partial charge in [-0.3, -0.25) is 0 Å². The minimum Gasteiger partial charge on any atom is -0.455 e. The van der Waals surface area contributed by atoms with Crippen molar-refractivity contribution in [3.8, 4) is 0 Å². The average Bonchev–Trinajstić information content (AvgIpc) is 2.91. The summed E-state index contributed by atoms with van der Waals surface area (Å²) >= 11 is 1.45. The van der Waals surface area contributed by atoms with Gasteiger partial charge in [0, 0.05) is 0 Å². The molecule has 0 amide bonds. The lowest BCUT2D eigenvalue weighted by Crippen LogP contribution is -2.53. The largest absolute Gasteiger partial charge is 0.455 e. The van der Waals surface area contributed by atoms with E-state index in [-0.39, 0.29) is 17.9 Å². The first-order valence-electron chi connectivity index (χ1n) is 8.08. The molecule has 0 unspecified atom stereocenters. The van der Waals surface area contributed by atoms with Crippen LogP contribution < -0.4 is 4.90 Å². The van der Waals surface area contributed by atoms with Crippen LogP contribution in [0, 0.1) is 19.7 Å². The summed E-state index contributed by atoms with van der Waals surface area (Å²) in [4.78, 5) is 18.8. The van der Waals surface area contributed by atoms with Gasteiger partial charge in [0.25, 0.3) is 0 Å². The Kier molecular flexibility index (Phi) is 3.92. The Balaban J connectivity index is 1.40. The van der Waals surface area contributed by atoms with Gasteiger partial charge >= 0.3 is 5.97 Å². The van der Waals surface area contributed by atoms with Crippen LogP contribution in [0.3, 0.4) is 0 Å². The van der Waals surface area contributed by atoms with Gasteiger partial charge in [0.05, 0.1) is 28.9 Å². The molecule has 1 aliphatic rings. The van der Waals surface area contributed by atoms with Crippen LogP contribution in [0.25, 0.3) is 10.2 Å². The number of anilines is 1. The number of aromatic nitrogens is 1. The molecule has 1 aromatic heterocycles. The van der Waals surface area contributed by atoms with Crippen LogP contribution in [0.2, 0.25) is 0 Å². The Labute approximate surface area is 148 Å². The standard InChI is InChI=1S/C19H17FN2O2S/c1-11-5-12(2)7-13(6-11)18(23)24-15-9-22(10-15)19-21-16-4-3-14(20)8-17(16)25-19/h3-8,15H,9-10H2,1-2H3. The number of ether oxygens (including phenoxy) is 1. The van der Waals surface area contributed by atoms with E-state index >= 15 is 0 Å². The van der Waals surface area contributed by atoms with Crippen molar-refractivity contribution in [3.63, 3.8) is 0 Å². The van der Waals surface area contributed by atoms with Crippen molar-refractivity contribution in [2.24, 2.45) is 0 Å². The third-order valence-corrected chi connectivity index (χ3v) is 5.27. The van der Waals surface area contributed by atoms with E-state index in [0.717, 1.165) is 26.5 Å². The Bertz CT molecular complexity index is 943. The number of halogens is 1. The molecule has 0 N–H and O–H groups in total. The lowest BCUT2D eigenvalue weighted by atomic mass is 10.1. The van der Waals surface area contributed by atoms with E-state index in [1.54, 1.807) is 6.07 Å². The maximum atomic E-state index is 13.3. The predicted molar refractivity (Wildman–Crippen MR) is 96.9 cm³/mol. The van der Waals surface area contributed by atoms with Gasteiger partial charge < -0.3 is 9.64 Å². The second-order valence-corrected chi connectivity index (χ2v) is 7.43. The number of rotatable bonds is 3. The first-order valence-corrected chi connectivity index (χ1v) is 8.90. The number of aryl methyl sites for hydroxylation is 2. The molecule has 0 bridgehead atoms. The Morgan fingerprint density at radius 1 is 1.20 bits per heavy atom. The Morgan fingerprint density at radius 3 is 2.64 bits per heavy atom. The number of hydrogen-bond donors (Lipinski definition) is 0. The van der Waals surface area contributed by atoms with Crippen LogP contribution in [-0.2, 0) is 4.74 Å². The zero-order chi connectivity index (χ0) is 17.6. The first-order chi connectivity index (χ1) is 12.0. The molecule has 3 aromatic rings. The summed E-state index contributed by atoms with van der Waals surface area (Å²) < 4.78 is 19.7. The first kappa shape index (κ1) is 16.0. The minimum atomic E-state index is -0.289. The second kappa shape index (κ2) is 6.11. The van der Waals surface area contributed by atoms with E-state index in [0.29, 0.717) is 18.7 Å². The van der Waals surface area contributed by atoms with E-state index in [9.17, 15) is 9.18 Å². The molecule has 1 fully saturated rings. The highest BCUT2D eigenvalue weighted by Crippen LogP contribution is 2.32. The molecular weight excluding hydrogens is 339 g/mol. The Hall–Kier alpha value is -2.47. The fourth-order valence-corrected chi connectivity index (χ4v) is 4.01. The molecular formula is C19H17FN2O2S. The third-order valence-electron chi connectivity index (χ3n) is 4.19. The number of nitrogens with zero attached hydrogens (tertiary/aromatic N) is 2. The van der Waals surface area contributed by atoms with Gasteiger partial charge in [-0.2, -0.15) is 0 Å². The topological polar surface area (TPSA) is 42.4 Å². The SMILES string of the molecule is Cc1cc(C)cc(C(=O)OC2CN(c3nc4ccc(F)cc4s3)C2)c1. The highest BCUT2D eigenvalue weighted by molar-refractivity contribution is 7.22. The fraction of sp³-hybridized carbons (Fsp3) is 0.263. The van der Waals surface area contributed by atoms with E-state index in [1.165, 1.54) is 23.5 Å². The Morgan fingerprint density at radius 2 is 1.92 bits per heavy atom. The molecule has 2 aromatic carbocycles. The summed E-state index contributed by atoms with van der Waals surface area (Å²) in [7, 11) is 0. The van der Waals surface area contributed by atoms with Crippen LogP contribution in [0.1, 0.15) is 21.5 Å². The van der Waals surface area contributed by atoms with E-state index < -0.39 is 0 Å². The summed E-state index contributed by atoms with van der Waals surface area (Å²) in [6.45, 7) is 5.15. The quantitative estimate of drug-likeness (QED) is 0.663. The van der Waals surface area contributed by atoms with Crippen LogP contribution in [0.4, 0.5) is 9.52 Å². The number of hydrogen-bond acceptors (Lipinski definition) is 5. The van der Waals surface area contributed by atoms with Gasteiger partial charge in [-0.25, -0.2) is 14.2 Å². The zero-order valence-corrected chi connectivity index (χ0v) is 14.8. The monoisotopic (exact) mass is 356 g/mol. The van der Waals surface area contributed by atoms with Gasteiger partial charge in [-0.1, -0.05) is 28.5 Å².